The van der Waals surface area contributed by atoms with Crippen LogP contribution in [0, 0.1) is 6.92 Å². The van der Waals surface area contributed by atoms with Crippen LogP contribution in [0.3, 0.4) is 0 Å². The summed E-state index contributed by atoms with van der Waals surface area (Å²) in [5, 5.41) is 3.09. The molecule has 1 aliphatic rings. The van der Waals surface area contributed by atoms with Crippen molar-refractivity contribution >= 4 is 27.5 Å². The van der Waals surface area contributed by atoms with E-state index in [9.17, 15) is 4.79 Å². The normalized spacial score (nSPS) is 16.0. The molecule has 6 heteroatoms. The average Bonchev–Trinajstić information content (AvgIpc) is 3.09. The van der Waals surface area contributed by atoms with Crippen LogP contribution in [0.1, 0.15) is 46.6 Å². The molecule has 25 heavy (non-hydrogen) atoms. The van der Waals surface area contributed by atoms with Gasteiger partial charge in [0.2, 0.25) is 0 Å². The van der Waals surface area contributed by atoms with Crippen molar-refractivity contribution in [2.45, 2.75) is 39.2 Å². The van der Waals surface area contributed by atoms with Crippen molar-refractivity contribution in [2.75, 3.05) is 40.3 Å². The molecule has 1 fully saturated rings. The molecule has 0 aliphatic carbocycles. The molecule has 2 aromatic heterocycles. The van der Waals surface area contributed by atoms with Gasteiger partial charge in [0.25, 0.3) is 5.91 Å². The van der Waals surface area contributed by atoms with Gasteiger partial charge in [0, 0.05) is 23.5 Å². The Kier molecular flexibility index (Phi) is 6.15. The highest BCUT2D eigenvalue weighted by Crippen LogP contribution is 2.32. The van der Waals surface area contributed by atoms with Crippen LogP contribution in [0.25, 0.3) is 10.2 Å². The largest absolute Gasteiger partial charge is 0.351 e. The Morgan fingerprint density at radius 1 is 1.32 bits per heavy atom. The number of nitrogens with zero attached hydrogens (tertiary/aromatic N) is 2. The van der Waals surface area contributed by atoms with E-state index in [0.29, 0.717) is 6.54 Å². The fourth-order valence-corrected chi connectivity index (χ4v) is 4.53. The second-order valence-electron chi connectivity index (χ2n) is 7.33. The van der Waals surface area contributed by atoms with Gasteiger partial charge in [0.15, 0.2) is 0 Å². The molecule has 0 bridgehead atoms. The van der Waals surface area contributed by atoms with Crippen LogP contribution in [0.15, 0.2) is 6.07 Å². The maximum atomic E-state index is 12.7. The maximum absolute atomic E-state index is 12.7. The number of piperidine rings is 1. The third-order valence-corrected chi connectivity index (χ3v) is 5.93. The van der Waals surface area contributed by atoms with E-state index in [-0.39, 0.29) is 5.91 Å². The van der Waals surface area contributed by atoms with Crippen molar-refractivity contribution in [3.63, 3.8) is 0 Å². The molecule has 0 radical (unpaired) electrons. The molecule has 2 N–H and O–H groups in total. The van der Waals surface area contributed by atoms with Gasteiger partial charge in [-0.1, -0.05) is 6.42 Å². The molecule has 3 heterocycles. The molecule has 3 rings (SSSR count). The van der Waals surface area contributed by atoms with Gasteiger partial charge in [0.05, 0.1) is 10.2 Å². The lowest BCUT2D eigenvalue weighted by Crippen LogP contribution is -2.31. The predicted molar refractivity (Wildman–Crippen MR) is 106 cm³/mol. The van der Waals surface area contributed by atoms with Crippen molar-refractivity contribution in [1.29, 1.82) is 0 Å². The molecular formula is C19H30N4OS. The monoisotopic (exact) mass is 362 g/mol. The van der Waals surface area contributed by atoms with E-state index < -0.39 is 0 Å². The van der Waals surface area contributed by atoms with Crippen molar-refractivity contribution in [3.8, 4) is 0 Å². The molecule has 0 aromatic carbocycles. The van der Waals surface area contributed by atoms with Gasteiger partial charge in [-0.3, -0.25) is 9.69 Å². The molecule has 2 aromatic rings. The zero-order valence-electron chi connectivity index (χ0n) is 15.7. The number of carbonyl (C=O) groups is 1. The molecule has 0 unspecified atom stereocenters. The highest BCUT2D eigenvalue weighted by Gasteiger charge is 2.22. The lowest BCUT2D eigenvalue weighted by atomic mass is 10.1. The number of hydrogen-bond acceptors (Lipinski definition) is 4. The van der Waals surface area contributed by atoms with Crippen molar-refractivity contribution in [3.05, 3.63) is 22.2 Å². The lowest BCUT2D eigenvalue weighted by molar-refractivity contribution is 0.0945. The van der Waals surface area contributed by atoms with Gasteiger partial charge in [0.1, 0.15) is 5.69 Å². The number of carbonyl (C=O) groups excluding carboxylic acids is 1. The van der Waals surface area contributed by atoms with E-state index in [1.807, 2.05) is 0 Å². The first-order chi connectivity index (χ1) is 12.0. The van der Waals surface area contributed by atoms with Gasteiger partial charge in [-0.2, -0.15) is 0 Å². The van der Waals surface area contributed by atoms with Gasteiger partial charge in [-0.25, -0.2) is 0 Å². The van der Waals surface area contributed by atoms with Crippen LogP contribution in [0.4, 0.5) is 0 Å². The summed E-state index contributed by atoms with van der Waals surface area (Å²) in [6.45, 7) is 6.98. The SMILES string of the molecule is Cc1cc2[nH]c(C(=O)NCCCN(C)C)c(CN3CCCCC3)c2s1. The van der Waals surface area contributed by atoms with Crippen LogP contribution in [-0.4, -0.2) is 61.0 Å². The number of H-pyrrole nitrogens is 1. The second-order valence-corrected chi connectivity index (χ2v) is 8.58. The van der Waals surface area contributed by atoms with Crippen LogP contribution >= 0.6 is 11.3 Å². The molecule has 1 saturated heterocycles. The summed E-state index contributed by atoms with van der Waals surface area (Å²) >= 11 is 1.79. The highest BCUT2D eigenvalue weighted by molar-refractivity contribution is 7.19. The van der Waals surface area contributed by atoms with E-state index in [2.05, 4.69) is 47.2 Å². The number of aryl methyl sites for hydroxylation is 1. The Hall–Kier alpha value is -1.37. The number of aromatic nitrogens is 1. The molecular weight excluding hydrogens is 332 g/mol. The minimum Gasteiger partial charge on any atom is -0.351 e. The van der Waals surface area contributed by atoms with Crippen molar-refractivity contribution < 1.29 is 4.79 Å². The molecule has 0 saturated carbocycles. The van der Waals surface area contributed by atoms with E-state index in [1.165, 1.54) is 34.4 Å². The second kappa shape index (κ2) is 8.34. The average molecular weight is 363 g/mol. The number of hydrogen-bond donors (Lipinski definition) is 2. The van der Waals surface area contributed by atoms with Gasteiger partial charge in [-0.05, 0) is 66.0 Å². The molecule has 0 atom stereocenters. The Bertz CT molecular complexity index is 712. The van der Waals surface area contributed by atoms with E-state index >= 15 is 0 Å². The molecule has 0 spiro atoms. The number of amides is 1. The Labute approximate surface area is 154 Å². The van der Waals surface area contributed by atoms with Crippen LogP contribution in [0.5, 0.6) is 0 Å². The van der Waals surface area contributed by atoms with Crippen LogP contribution in [-0.2, 0) is 6.54 Å². The first-order valence-electron chi connectivity index (χ1n) is 9.31. The molecule has 5 nitrogen and oxygen atoms in total. The summed E-state index contributed by atoms with van der Waals surface area (Å²) < 4.78 is 1.25. The van der Waals surface area contributed by atoms with Crippen molar-refractivity contribution in [1.82, 2.24) is 20.1 Å². The van der Waals surface area contributed by atoms with E-state index in [1.54, 1.807) is 11.3 Å². The first-order valence-corrected chi connectivity index (χ1v) is 10.1. The first kappa shape index (κ1) is 18.4. The Balaban J connectivity index is 1.75. The number of thiophene rings is 1. The van der Waals surface area contributed by atoms with E-state index in [4.69, 9.17) is 0 Å². The van der Waals surface area contributed by atoms with Gasteiger partial charge >= 0.3 is 0 Å². The minimum absolute atomic E-state index is 0.0341. The van der Waals surface area contributed by atoms with Crippen molar-refractivity contribution in [2.24, 2.45) is 0 Å². The third kappa shape index (κ3) is 4.63. The summed E-state index contributed by atoms with van der Waals surface area (Å²) in [7, 11) is 4.11. The number of likely N-dealkylation sites (tertiary alicyclic amines) is 1. The summed E-state index contributed by atoms with van der Waals surface area (Å²) in [5.41, 5.74) is 3.05. The van der Waals surface area contributed by atoms with E-state index in [0.717, 1.165) is 43.8 Å². The number of rotatable bonds is 7. The topological polar surface area (TPSA) is 51.4 Å². The zero-order valence-corrected chi connectivity index (χ0v) is 16.5. The maximum Gasteiger partial charge on any atom is 0.268 e. The van der Waals surface area contributed by atoms with Crippen LogP contribution < -0.4 is 5.32 Å². The fraction of sp³-hybridized carbons (Fsp3) is 0.632. The van der Waals surface area contributed by atoms with Gasteiger partial charge in [-0.15, -0.1) is 11.3 Å². The Morgan fingerprint density at radius 3 is 2.80 bits per heavy atom. The number of aromatic amines is 1. The molecule has 1 amide bonds. The number of fused-ring (bicyclic) bond motifs is 1. The summed E-state index contributed by atoms with van der Waals surface area (Å²) in [6, 6.07) is 2.16. The summed E-state index contributed by atoms with van der Waals surface area (Å²) in [5.74, 6) is 0.0341. The minimum atomic E-state index is 0.0341. The van der Waals surface area contributed by atoms with Gasteiger partial charge < -0.3 is 15.2 Å². The zero-order chi connectivity index (χ0) is 17.8. The standard InChI is InChI=1S/C19H30N4OS/c1-14-12-16-18(25-14)15(13-23-10-5-4-6-11-23)17(21-16)19(24)20-8-7-9-22(2)3/h12,21H,4-11,13H2,1-3H3,(H,20,24). The predicted octanol–water partition coefficient (Wildman–Crippen LogP) is 3.21. The summed E-state index contributed by atoms with van der Waals surface area (Å²) in [4.78, 5) is 22.0. The lowest BCUT2D eigenvalue weighted by Gasteiger charge is -2.26. The number of nitrogens with one attached hydrogen (secondary N) is 2. The summed E-state index contributed by atoms with van der Waals surface area (Å²) in [6.07, 6.45) is 4.83. The molecule has 1 aliphatic heterocycles. The smallest absolute Gasteiger partial charge is 0.268 e. The molecule has 138 valence electrons. The fourth-order valence-electron chi connectivity index (χ4n) is 3.53. The Morgan fingerprint density at radius 2 is 2.08 bits per heavy atom. The quantitative estimate of drug-likeness (QED) is 0.744. The third-order valence-electron chi connectivity index (χ3n) is 4.82. The van der Waals surface area contributed by atoms with Crippen LogP contribution in [0.2, 0.25) is 0 Å². The highest BCUT2D eigenvalue weighted by atomic mass is 32.1.